The summed E-state index contributed by atoms with van der Waals surface area (Å²) in [6.45, 7) is 0.888. The molecule has 1 saturated heterocycles. The molecule has 3 rings (SSSR count). The van der Waals surface area contributed by atoms with Gasteiger partial charge in [0, 0.05) is 25.0 Å². The van der Waals surface area contributed by atoms with E-state index in [1.54, 1.807) is 0 Å². The summed E-state index contributed by atoms with van der Waals surface area (Å²) in [7, 11) is 0. The first kappa shape index (κ1) is 14.9. The van der Waals surface area contributed by atoms with Gasteiger partial charge in [0.2, 0.25) is 0 Å². The average Bonchev–Trinajstić information content (AvgIpc) is 2.54. The number of hydrogen-bond donors (Lipinski definition) is 2. The average molecular weight is 289 g/mol. The minimum atomic E-state index is 0.147. The van der Waals surface area contributed by atoms with Crippen molar-refractivity contribution in [1.82, 2.24) is 10.4 Å². The maximum absolute atomic E-state index is 6.20. The van der Waals surface area contributed by atoms with Crippen molar-refractivity contribution >= 4 is 0 Å². The molecular formula is C17H27N3O. The van der Waals surface area contributed by atoms with Gasteiger partial charge in [-0.25, -0.2) is 0 Å². The second-order valence-corrected chi connectivity index (χ2v) is 6.68. The van der Waals surface area contributed by atoms with Gasteiger partial charge in [-0.1, -0.05) is 19.3 Å². The van der Waals surface area contributed by atoms with Crippen molar-refractivity contribution in [2.45, 2.75) is 63.0 Å². The number of pyridine rings is 1. The van der Waals surface area contributed by atoms with Crippen LogP contribution in [0, 0.1) is 5.92 Å². The number of hydrogen-bond acceptors (Lipinski definition) is 4. The van der Waals surface area contributed by atoms with E-state index in [2.05, 4.69) is 22.5 Å². The summed E-state index contributed by atoms with van der Waals surface area (Å²) in [6, 6.07) is 4.50. The zero-order valence-electron chi connectivity index (χ0n) is 12.8. The Balaban J connectivity index is 1.65. The number of hydrazine groups is 1. The Bertz CT molecular complexity index is 425. The van der Waals surface area contributed by atoms with Crippen LogP contribution >= 0.6 is 0 Å². The molecule has 2 atom stereocenters. The fraction of sp³-hybridized carbons (Fsp3) is 0.706. The van der Waals surface area contributed by atoms with Crippen molar-refractivity contribution in [3.05, 3.63) is 30.1 Å². The van der Waals surface area contributed by atoms with Crippen molar-refractivity contribution in [3.63, 3.8) is 0 Å². The molecule has 0 aromatic carbocycles. The van der Waals surface area contributed by atoms with Gasteiger partial charge in [0.1, 0.15) is 0 Å². The van der Waals surface area contributed by atoms with Gasteiger partial charge in [0.15, 0.2) is 0 Å². The van der Waals surface area contributed by atoms with Crippen molar-refractivity contribution in [3.8, 4) is 0 Å². The molecule has 0 amide bonds. The van der Waals surface area contributed by atoms with E-state index < -0.39 is 0 Å². The van der Waals surface area contributed by atoms with Gasteiger partial charge in [-0.05, 0) is 55.7 Å². The highest BCUT2D eigenvalue weighted by molar-refractivity contribution is 5.12. The lowest BCUT2D eigenvalue weighted by atomic mass is 9.73. The number of rotatable bonds is 4. The van der Waals surface area contributed by atoms with Crippen LogP contribution in [0.25, 0.3) is 0 Å². The van der Waals surface area contributed by atoms with E-state index in [0.29, 0.717) is 12.0 Å². The number of ether oxygens (including phenoxy) is 1. The third-order valence-electron chi connectivity index (χ3n) is 5.28. The molecule has 1 aliphatic carbocycles. The second kappa shape index (κ2) is 6.86. The molecular weight excluding hydrogens is 262 g/mol. The van der Waals surface area contributed by atoms with Crippen molar-refractivity contribution in [2.75, 3.05) is 6.61 Å². The molecule has 2 unspecified atom stereocenters. The van der Waals surface area contributed by atoms with Crippen molar-refractivity contribution < 1.29 is 4.74 Å². The third kappa shape index (κ3) is 3.62. The predicted octanol–water partition coefficient (Wildman–Crippen LogP) is 2.59. The van der Waals surface area contributed by atoms with Gasteiger partial charge in [-0.15, -0.1) is 0 Å². The monoisotopic (exact) mass is 289 g/mol. The smallest absolute Gasteiger partial charge is 0.0685 e. The molecule has 1 aromatic rings. The standard InChI is InChI=1S/C17H27N3O/c18-20-16(12-14-4-9-19-10-5-14)15-6-11-21-17(13-15)7-2-1-3-8-17/h4-5,9-10,15-16,20H,1-3,6-8,11-13,18H2. The Labute approximate surface area is 127 Å². The van der Waals surface area contributed by atoms with Gasteiger partial charge in [-0.3, -0.25) is 16.3 Å². The summed E-state index contributed by atoms with van der Waals surface area (Å²) in [5, 5.41) is 0. The predicted molar refractivity (Wildman–Crippen MR) is 83.5 cm³/mol. The molecule has 2 heterocycles. The highest BCUT2D eigenvalue weighted by Gasteiger charge is 2.40. The second-order valence-electron chi connectivity index (χ2n) is 6.68. The number of nitrogens with one attached hydrogen (secondary N) is 1. The Morgan fingerprint density at radius 1 is 1.29 bits per heavy atom. The lowest BCUT2D eigenvalue weighted by Crippen LogP contribution is -2.50. The minimum Gasteiger partial charge on any atom is -0.375 e. The first-order valence-electron chi connectivity index (χ1n) is 8.30. The van der Waals surface area contributed by atoms with Gasteiger partial charge in [0.25, 0.3) is 0 Å². The Morgan fingerprint density at radius 2 is 2.05 bits per heavy atom. The largest absolute Gasteiger partial charge is 0.375 e. The van der Waals surface area contributed by atoms with E-state index >= 15 is 0 Å². The van der Waals surface area contributed by atoms with Crippen LogP contribution in [0.4, 0.5) is 0 Å². The normalized spacial score (nSPS) is 26.6. The van der Waals surface area contributed by atoms with Crippen LogP contribution in [0.1, 0.15) is 50.5 Å². The molecule has 21 heavy (non-hydrogen) atoms. The van der Waals surface area contributed by atoms with E-state index in [1.807, 2.05) is 12.4 Å². The molecule has 3 N–H and O–H groups in total. The lowest BCUT2D eigenvalue weighted by Gasteiger charge is -2.45. The van der Waals surface area contributed by atoms with Crippen molar-refractivity contribution in [1.29, 1.82) is 0 Å². The van der Waals surface area contributed by atoms with E-state index in [0.717, 1.165) is 25.9 Å². The van der Waals surface area contributed by atoms with Gasteiger partial charge >= 0.3 is 0 Å². The van der Waals surface area contributed by atoms with Crippen molar-refractivity contribution in [2.24, 2.45) is 11.8 Å². The molecule has 4 nitrogen and oxygen atoms in total. The van der Waals surface area contributed by atoms with Crippen LogP contribution in [0.3, 0.4) is 0 Å². The Hall–Kier alpha value is -0.970. The molecule has 0 radical (unpaired) electrons. The molecule has 1 spiro atoms. The Kier molecular flexibility index (Phi) is 4.88. The number of aromatic nitrogens is 1. The van der Waals surface area contributed by atoms with Crippen LogP contribution < -0.4 is 11.3 Å². The minimum absolute atomic E-state index is 0.147. The number of nitrogens with two attached hydrogens (primary N) is 1. The van der Waals surface area contributed by atoms with E-state index in [9.17, 15) is 0 Å². The zero-order chi connectivity index (χ0) is 14.5. The highest BCUT2D eigenvalue weighted by Crippen LogP contribution is 2.41. The topological polar surface area (TPSA) is 60.2 Å². The SMILES string of the molecule is NNC(Cc1ccncc1)C1CCOC2(CCCCC2)C1. The summed E-state index contributed by atoms with van der Waals surface area (Å²) in [6.07, 6.45) is 13.4. The summed E-state index contributed by atoms with van der Waals surface area (Å²) in [5.74, 6) is 6.47. The maximum atomic E-state index is 6.20. The first-order valence-corrected chi connectivity index (χ1v) is 8.30. The molecule has 1 aromatic heterocycles. The van der Waals surface area contributed by atoms with Crippen LogP contribution in [0.5, 0.6) is 0 Å². The lowest BCUT2D eigenvalue weighted by molar-refractivity contribution is -0.121. The summed E-state index contributed by atoms with van der Waals surface area (Å²) in [4.78, 5) is 4.09. The summed E-state index contributed by atoms with van der Waals surface area (Å²) >= 11 is 0. The molecule has 2 fully saturated rings. The zero-order valence-corrected chi connectivity index (χ0v) is 12.8. The van der Waals surface area contributed by atoms with E-state index in [1.165, 1.54) is 37.7 Å². The van der Waals surface area contributed by atoms with Gasteiger partial charge in [0.05, 0.1) is 5.60 Å². The first-order chi connectivity index (χ1) is 10.3. The third-order valence-corrected chi connectivity index (χ3v) is 5.28. The van der Waals surface area contributed by atoms with Gasteiger partial charge in [-0.2, -0.15) is 0 Å². The molecule has 1 saturated carbocycles. The van der Waals surface area contributed by atoms with Gasteiger partial charge < -0.3 is 4.74 Å². The molecule has 2 aliphatic rings. The van der Waals surface area contributed by atoms with Crippen LogP contribution in [-0.2, 0) is 11.2 Å². The summed E-state index contributed by atoms with van der Waals surface area (Å²) < 4.78 is 6.20. The molecule has 4 heteroatoms. The fourth-order valence-corrected chi connectivity index (χ4v) is 4.09. The summed E-state index contributed by atoms with van der Waals surface area (Å²) in [5.41, 5.74) is 4.52. The van der Waals surface area contributed by atoms with Crippen LogP contribution in [0.15, 0.2) is 24.5 Å². The molecule has 0 bridgehead atoms. The number of nitrogens with zero attached hydrogens (tertiary/aromatic N) is 1. The van der Waals surface area contributed by atoms with Crippen LogP contribution in [0.2, 0.25) is 0 Å². The van der Waals surface area contributed by atoms with Crippen LogP contribution in [-0.4, -0.2) is 23.2 Å². The molecule has 116 valence electrons. The Morgan fingerprint density at radius 3 is 2.76 bits per heavy atom. The maximum Gasteiger partial charge on any atom is 0.0685 e. The highest BCUT2D eigenvalue weighted by atomic mass is 16.5. The quantitative estimate of drug-likeness (QED) is 0.660. The molecule has 1 aliphatic heterocycles. The van der Waals surface area contributed by atoms with E-state index in [4.69, 9.17) is 10.6 Å². The fourth-order valence-electron chi connectivity index (χ4n) is 4.09. The van der Waals surface area contributed by atoms with E-state index in [-0.39, 0.29) is 5.60 Å².